The third kappa shape index (κ3) is 3.62. The minimum absolute atomic E-state index is 0.186. The molecule has 0 unspecified atom stereocenters. The van der Waals surface area contributed by atoms with Crippen molar-refractivity contribution in [1.29, 1.82) is 5.26 Å². The Kier molecular flexibility index (Phi) is 5.65. The van der Waals surface area contributed by atoms with Gasteiger partial charge in [0.15, 0.2) is 5.16 Å². The van der Waals surface area contributed by atoms with Crippen molar-refractivity contribution >= 4 is 34.3 Å². The zero-order valence-corrected chi connectivity index (χ0v) is 16.1. The largest absolute Gasteiger partial charge is 0.268 e. The Balaban J connectivity index is 2.20. The van der Waals surface area contributed by atoms with Crippen molar-refractivity contribution in [2.75, 3.05) is 5.75 Å². The highest BCUT2D eigenvalue weighted by molar-refractivity contribution is 7.99. The van der Waals surface area contributed by atoms with Gasteiger partial charge in [-0.1, -0.05) is 49.3 Å². The normalized spacial score (nSPS) is 12.1. The van der Waals surface area contributed by atoms with E-state index < -0.39 is 0 Å². The molecule has 3 aromatic rings. The molecule has 0 amide bonds. The Morgan fingerprint density at radius 3 is 2.65 bits per heavy atom. The first-order chi connectivity index (χ1) is 12.5. The summed E-state index contributed by atoms with van der Waals surface area (Å²) in [5.41, 5.74) is 2.35. The summed E-state index contributed by atoms with van der Waals surface area (Å²) in [4.78, 5) is 17.7. The van der Waals surface area contributed by atoms with Gasteiger partial charge in [0.2, 0.25) is 0 Å². The van der Waals surface area contributed by atoms with Crippen molar-refractivity contribution in [2.45, 2.75) is 31.3 Å². The maximum atomic E-state index is 13.1. The van der Waals surface area contributed by atoms with Crippen molar-refractivity contribution in [1.82, 2.24) is 9.55 Å². The van der Waals surface area contributed by atoms with E-state index >= 15 is 0 Å². The van der Waals surface area contributed by atoms with E-state index in [1.165, 1.54) is 17.3 Å². The molecule has 26 heavy (non-hydrogen) atoms. The van der Waals surface area contributed by atoms with Gasteiger partial charge in [0.1, 0.15) is 0 Å². The summed E-state index contributed by atoms with van der Waals surface area (Å²) in [6, 6.07) is 15.1. The van der Waals surface area contributed by atoms with Gasteiger partial charge in [-0.25, -0.2) is 4.98 Å². The average Bonchev–Trinajstić information content (AvgIpc) is 2.66. The van der Waals surface area contributed by atoms with Gasteiger partial charge >= 0.3 is 0 Å². The summed E-state index contributed by atoms with van der Waals surface area (Å²) in [5, 5.41) is 10.4. The predicted molar refractivity (Wildman–Crippen MR) is 107 cm³/mol. The lowest BCUT2D eigenvalue weighted by Crippen LogP contribution is -2.22. The molecule has 0 aliphatic carbocycles. The molecule has 0 spiro atoms. The molecular weight excluding hydrogens is 366 g/mol. The quantitative estimate of drug-likeness (QED) is 0.450. The van der Waals surface area contributed by atoms with Crippen LogP contribution >= 0.6 is 23.4 Å². The van der Waals surface area contributed by atoms with Crippen LogP contribution in [-0.4, -0.2) is 15.3 Å². The Bertz CT molecular complexity index is 1040. The van der Waals surface area contributed by atoms with E-state index in [9.17, 15) is 4.79 Å². The molecule has 1 heterocycles. The van der Waals surface area contributed by atoms with Gasteiger partial charge in [0, 0.05) is 5.02 Å². The fourth-order valence-electron chi connectivity index (χ4n) is 2.75. The zero-order chi connectivity index (χ0) is 18.7. The molecule has 0 radical (unpaired) electrons. The van der Waals surface area contributed by atoms with Crippen molar-refractivity contribution < 1.29 is 0 Å². The van der Waals surface area contributed by atoms with E-state index in [0.29, 0.717) is 27.0 Å². The van der Waals surface area contributed by atoms with Crippen LogP contribution in [0.5, 0.6) is 0 Å². The maximum absolute atomic E-state index is 13.1. The topological polar surface area (TPSA) is 58.7 Å². The summed E-state index contributed by atoms with van der Waals surface area (Å²) in [6.07, 6.45) is 1.05. The second kappa shape index (κ2) is 7.94. The van der Waals surface area contributed by atoms with E-state index in [2.05, 4.69) is 24.9 Å². The number of fused-ring (bicyclic) bond motifs is 1. The Morgan fingerprint density at radius 2 is 2.00 bits per heavy atom. The molecule has 132 valence electrons. The van der Waals surface area contributed by atoms with Crippen LogP contribution in [0.4, 0.5) is 0 Å². The maximum Gasteiger partial charge on any atom is 0.266 e. The van der Waals surface area contributed by atoms with Crippen molar-refractivity contribution in [3.63, 3.8) is 0 Å². The third-order valence-electron chi connectivity index (χ3n) is 4.40. The van der Waals surface area contributed by atoms with Crippen LogP contribution in [0.25, 0.3) is 16.6 Å². The zero-order valence-electron chi connectivity index (χ0n) is 14.6. The van der Waals surface area contributed by atoms with Crippen LogP contribution in [0.15, 0.2) is 52.4 Å². The SMILES string of the molecule is CC[C@@H](C)c1ccc(-n2c(SCC#N)nc3ccc(Cl)cc3c2=O)cc1. The number of nitrogens with zero attached hydrogens (tertiary/aromatic N) is 3. The van der Waals surface area contributed by atoms with E-state index in [4.69, 9.17) is 16.9 Å². The third-order valence-corrected chi connectivity index (χ3v) is 5.44. The van der Waals surface area contributed by atoms with Crippen molar-refractivity contribution in [3.05, 3.63) is 63.4 Å². The Labute approximate surface area is 161 Å². The summed E-state index contributed by atoms with van der Waals surface area (Å²) in [5.74, 6) is 0.679. The number of benzene rings is 2. The van der Waals surface area contributed by atoms with E-state index in [-0.39, 0.29) is 11.3 Å². The highest BCUT2D eigenvalue weighted by atomic mass is 35.5. The molecule has 1 aromatic heterocycles. The second-order valence-electron chi connectivity index (χ2n) is 6.04. The molecule has 0 saturated carbocycles. The molecule has 0 N–H and O–H groups in total. The first-order valence-corrected chi connectivity index (χ1v) is 9.74. The highest BCUT2D eigenvalue weighted by Crippen LogP contribution is 2.24. The van der Waals surface area contributed by atoms with Gasteiger partial charge in [0.05, 0.1) is 28.4 Å². The fourth-order valence-corrected chi connectivity index (χ4v) is 3.59. The molecule has 0 aliphatic heterocycles. The first kappa shape index (κ1) is 18.5. The first-order valence-electron chi connectivity index (χ1n) is 8.37. The number of rotatable bonds is 5. The minimum atomic E-state index is -0.186. The number of hydrogen-bond donors (Lipinski definition) is 0. The molecule has 6 heteroatoms. The fraction of sp³-hybridized carbons (Fsp3) is 0.250. The molecule has 0 bridgehead atoms. The second-order valence-corrected chi connectivity index (χ2v) is 7.42. The summed E-state index contributed by atoms with van der Waals surface area (Å²) < 4.78 is 1.56. The molecule has 1 atom stereocenters. The Morgan fingerprint density at radius 1 is 1.27 bits per heavy atom. The van der Waals surface area contributed by atoms with Crippen LogP contribution < -0.4 is 5.56 Å². The van der Waals surface area contributed by atoms with Crippen molar-refractivity contribution in [2.24, 2.45) is 0 Å². The predicted octanol–water partition coefficient (Wildman–Crippen LogP) is 5.17. The number of halogens is 1. The van der Waals surface area contributed by atoms with Gasteiger partial charge in [-0.05, 0) is 48.2 Å². The molecule has 0 saturated heterocycles. The summed E-state index contributed by atoms with van der Waals surface area (Å²) >= 11 is 7.31. The van der Waals surface area contributed by atoms with Crippen LogP contribution in [0.2, 0.25) is 5.02 Å². The van der Waals surface area contributed by atoms with Gasteiger partial charge in [-0.2, -0.15) is 5.26 Å². The Hall–Kier alpha value is -2.29. The molecular formula is C20H18ClN3OS. The monoisotopic (exact) mass is 383 g/mol. The van der Waals surface area contributed by atoms with Crippen LogP contribution in [0.1, 0.15) is 31.7 Å². The molecule has 4 nitrogen and oxygen atoms in total. The van der Waals surface area contributed by atoms with Crippen molar-refractivity contribution in [3.8, 4) is 11.8 Å². The lowest BCUT2D eigenvalue weighted by molar-refractivity contribution is 0.732. The van der Waals surface area contributed by atoms with Gasteiger partial charge < -0.3 is 0 Å². The van der Waals surface area contributed by atoms with E-state index in [0.717, 1.165) is 12.1 Å². The van der Waals surface area contributed by atoms with Crippen LogP contribution in [-0.2, 0) is 0 Å². The smallest absolute Gasteiger partial charge is 0.266 e. The standard InChI is InChI=1S/C20H18ClN3OS/c1-3-13(2)14-4-7-16(8-5-14)24-19(25)17-12-15(21)6-9-18(17)23-20(24)26-11-10-22/h4-9,12-13H,3,11H2,1-2H3/t13-/m1/s1. The highest BCUT2D eigenvalue weighted by Gasteiger charge is 2.14. The number of aromatic nitrogens is 2. The summed E-state index contributed by atoms with van der Waals surface area (Å²) in [7, 11) is 0. The number of thioether (sulfide) groups is 1. The van der Waals surface area contributed by atoms with Gasteiger partial charge in [0.25, 0.3) is 5.56 Å². The molecule has 0 fully saturated rings. The van der Waals surface area contributed by atoms with Gasteiger partial charge in [-0.15, -0.1) is 0 Å². The number of hydrogen-bond acceptors (Lipinski definition) is 4. The van der Waals surface area contributed by atoms with E-state index in [1.807, 2.05) is 24.3 Å². The lowest BCUT2D eigenvalue weighted by Gasteiger charge is -2.14. The molecule has 2 aromatic carbocycles. The van der Waals surface area contributed by atoms with Crippen LogP contribution in [0, 0.1) is 11.3 Å². The lowest BCUT2D eigenvalue weighted by atomic mass is 9.98. The number of nitriles is 1. The summed E-state index contributed by atoms with van der Waals surface area (Å²) in [6.45, 7) is 4.33. The van der Waals surface area contributed by atoms with Crippen LogP contribution in [0.3, 0.4) is 0 Å². The average molecular weight is 384 g/mol. The molecule has 0 aliphatic rings. The van der Waals surface area contributed by atoms with Gasteiger partial charge in [-0.3, -0.25) is 9.36 Å². The van der Waals surface area contributed by atoms with E-state index in [1.54, 1.807) is 22.8 Å². The minimum Gasteiger partial charge on any atom is -0.268 e. The molecule has 3 rings (SSSR count).